The Labute approximate surface area is 196 Å². The number of nitrogens with zero attached hydrogens (tertiary/aromatic N) is 1. The van der Waals surface area contributed by atoms with E-state index in [1.807, 2.05) is 0 Å². The zero-order valence-electron chi connectivity index (χ0n) is 18.2. The van der Waals surface area contributed by atoms with Gasteiger partial charge in [-0.15, -0.1) is 0 Å². The number of anilines is 1. The molecule has 1 saturated heterocycles. The summed E-state index contributed by atoms with van der Waals surface area (Å²) in [7, 11) is 0. The second kappa shape index (κ2) is 10.1. The minimum atomic E-state index is -0.993. The zero-order chi connectivity index (χ0) is 23.4. The van der Waals surface area contributed by atoms with E-state index in [4.69, 9.17) is 25.8 Å². The summed E-state index contributed by atoms with van der Waals surface area (Å²) in [4.78, 5) is 39.7. The Bertz CT molecular complexity index is 1040. The molecule has 4 rings (SSSR count). The summed E-state index contributed by atoms with van der Waals surface area (Å²) in [5.41, 5.74) is 1.03. The van der Waals surface area contributed by atoms with Gasteiger partial charge in [-0.25, -0.2) is 0 Å². The van der Waals surface area contributed by atoms with Crippen LogP contribution >= 0.6 is 11.6 Å². The van der Waals surface area contributed by atoms with Crippen LogP contribution in [0.5, 0.6) is 11.5 Å². The molecule has 0 aliphatic carbocycles. The van der Waals surface area contributed by atoms with Crippen LogP contribution in [0.4, 0.5) is 5.69 Å². The Balaban J connectivity index is 1.31. The number of halogens is 1. The van der Waals surface area contributed by atoms with Crippen molar-refractivity contribution in [1.29, 1.82) is 0 Å². The summed E-state index contributed by atoms with van der Waals surface area (Å²) in [6.45, 7) is 3.25. The summed E-state index contributed by atoms with van der Waals surface area (Å²) in [6, 6.07) is 11.7. The molecule has 2 aromatic rings. The van der Waals surface area contributed by atoms with Crippen LogP contribution in [-0.4, -0.2) is 55.1 Å². The van der Waals surface area contributed by atoms with Gasteiger partial charge in [-0.05, 0) is 56.2 Å². The van der Waals surface area contributed by atoms with E-state index >= 15 is 0 Å². The highest BCUT2D eigenvalue weighted by Crippen LogP contribution is 2.32. The number of benzene rings is 2. The van der Waals surface area contributed by atoms with Crippen LogP contribution in [0.1, 0.15) is 30.1 Å². The molecule has 0 unspecified atom stereocenters. The number of carbonyl (C=O) groups excluding carboxylic acids is 3. The van der Waals surface area contributed by atoms with Crippen molar-refractivity contribution in [1.82, 2.24) is 4.90 Å². The van der Waals surface area contributed by atoms with Gasteiger partial charge in [-0.3, -0.25) is 14.4 Å². The Morgan fingerprint density at radius 3 is 2.58 bits per heavy atom. The first-order valence-electron chi connectivity index (χ1n) is 10.9. The minimum absolute atomic E-state index is 0.159. The van der Waals surface area contributed by atoms with Crippen molar-refractivity contribution in [2.24, 2.45) is 5.92 Å². The molecule has 0 radical (unpaired) electrons. The van der Waals surface area contributed by atoms with Crippen molar-refractivity contribution in [2.75, 3.05) is 31.6 Å². The molecule has 2 aliphatic heterocycles. The van der Waals surface area contributed by atoms with E-state index < -0.39 is 23.9 Å². The quantitative estimate of drug-likeness (QED) is 0.669. The fourth-order valence-electron chi connectivity index (χ4n) is 3.82. The van der Waals surface area contributed by atoms with Crippen LogP contribution in [0.25, 0.3) is 0 Å². The van der Waals surface area contributed by atoms with Gasteiger partial charge >= 0.3 is 5.97 Å². The molecule has 1 N–H and O–H groups in total. The smallest absolute Gasteiger partial charge is 0.311 e. The van der Waals surface area contributed by atoms with Gasteiger partial charge in [0, 0.05) is 35.4 Å². The second-order valence-corrected chi connectivity index (χ2v) is 8.46. The Kier molecular flexibility index (Phi) is 7.03. The van der Waals surface area contributed by atoms with E-state index in [0.29, 0.717) is 60.4 Å². The lowest BCUT2D eigenvalue weighted by Crippen LogP contribution is -2.44. The van der Waals surface area contributed by atoms with E-state index in [1.165, 1.54) is 6.92 Å². The Morgan fingerprint density at radius 2 is 1.82 bits per heavy atom. The van der Waals surface area contributed by atoms with E-state index in [0.717, 1.165) is 0 Å². The average molecular weight is 473 g/mol. The lowest BCUT2D eigenvalue weighted by atomic mass is 9.97. The molecule has 8 nitrogen and oxygen atoms in total. The van der Waals surface area contributed by atoms with Crippen molar-refractivity contribution in [3.05, 3.63) is 53.1 Å². The summed E-state index contributed by atoms with van der Waals surface area (Å²) in [6.07, 6.45) is 0.282. The third-order valence-corrected chi connectivity index (χ3v) is 5.86. The molecule has 0 bridgehead atoms. The topological polar surface area (TPSA) is 94.2 Å². The molecule has 2 aromatic carbocycles. The number of rotatable bonds is 5. The molecule has 0 spiro atoms. The van der Waals surface area contributed by atoms with Crippen molar-refractivity contribution in [3.63, 3.8) is 0 Å². The van der Waals surface area contributed by atoms with Gasteiger partial charge in [0.25, 0.3) is 11.8 Å². The van der Waals surface area contributed by atoms with Gasteiger partial charge in [0.05, 0.1) is 5.92 Å². The maximum absolute atomic E-state index is 12.8. The van der Waals surface area contributed by atoms with Gasteiger partial charge in [-0.1, -0.05) is 11.6 Å². The predicted molar refractivity (Wildman–Crippen MR) is 122 cm³/mol. The van der Waals surface area contributed by atoms with Crippen LogP contribution in [0.15, 0.2) is 42.5 Å². The van der Waals surface area contributed by atoms with Gasteiger partial charge < -0.3 is 24.4 Å². The highest BCUT2D eigenvalue weighted by atomic mass is 35.5. The molecule has 174 valence electrons. The number of hydrogen-bond donors (Lipinski definition) is 1. The maximum atomic E-state index is 12.8. The monoisotopic (exact) mass is 472 g/mol. The fourth-order valence-corrected chi connectivity index (χ4v) is 3.94. The Hall–Kier alpha value is -3.26. The number of likely N-dealkylation sites (tertiary alicyclic amines) is 1. The predicted octanol–water partition coefficient (Wildman–Crippen LogP) is 3.53. The molecule has 2 aliphatic rings. The SMILES string of the molecule is C[C@@H](OC(=O)[C@@H]1CCCN(C(=O)c2ccc(Cl)cc2)C1)C(=O)Nc1ccc2c(c1)OCCO2. The molecular weight excluding hydrogens is 448 g/mol. The number of hydrogen-bond acceptors (Lipinski definition) is 6. The van der Waals surface area contributed by atoms with Crippen LogP contribution in [0, 0.1) is 5.92 Å². The van der Waals surface area contributed by atoms with E-state index in [9.17, 15) is 14.4 Å². The van der Waals surface area contributed by atoms with Crippen LogP contribution in [0.3, 0.4) is 0 Å². The van der Waals surface area contributed by atoms with Crippen molar-refractivity contribution in [2.45, 2.75) is 25.9 Å². The summed E-state index contributed by atoms with van der Waals surface area (Å²) >= 11 is 5.89. The third-order valence-electron chi connectivity index (χ3n) is 5.60. The van der Waals surface area contributed by atoms with E-state index in [1.54, 1.807) is 47.4 Å². The van der Waals surface area contributed by atoms with Crippen molar-refractivity contribution in [3.8, 4) is 11.5 Å². The largest absolute Gasteiger partial charge is 0.486 e. The lowest BCUT2D eigenvalue weighted by molar-refractivity contribution is -0.158. The molecule has 33 heavy (non-hydrogen) atoms. The van der Waals surface area contributed by atoms with Crippen LogP contribution < -0.4 is 14.8 Å². The number of ether oxygens (including phenoxy) is 3. The van der Waals surface area contributed by atoms with Gasteiger partial charge in [0.15, 0.2) is 17.6 Å². The molecule has 2 atom stereocenters. The van der Waals surface area contributed by atoms with Crippen LogP contribution in [-0.2, 0) is 14.3 Å². The molecular formula is C24H25ClN2O6. The maximum Gasteiger partial charge on any atom is 0.311 e. The molecule has 1 fully saturated rings. The van der Waals surface area contributed by atoms with Crippen LogP contribution in [0.2, 0.25) is 5.02 Å². The number of esters is 1. The summed E-state index contributed by atoms with van der Waals surface area (Å²) < 4.78 is 16.4. The average Bonchev–Trinajstić information content (AvgIpc) is 2.84. The number of carbonyl (C=O) groups is 3. The number of fused-ring (bicyclic) bond motifs is 1. The van der Waals surface area contributed by atoms with E-state index in [-0.39, 0.29) is 12.5 Å². The first-order valence-corrected chi connectivity index (χ1v) is 11.2. The fraction of sp³-hybridized carbons (Fsp3) is 0.375. The zero-order valence-corrected chi connectivity index (χ0v) is 19.0. The molecule has 9 heteroatoms. The lowest BCUT2D eigenvalue weighted by Gasteiger charge is -2.32. The summed E-state index contributed by atoms with van der Waals surface area (Å²) in [5, 5.41) is 3.28. The Morgan fingerprint density at radius 1 is 1.09 bits per heavy atom. The van der Waals surface area contributed by atoms with Gasteiger partial charge in [-0.2, -0.15) is 0 Å². The summed E-state index contributed by atoms with van der Waals surface area (Å²) in [5.74, 6) is -0.420. The van der Waals surface area contributed by atoms with Crippen molar-refractivity contribution >= 4 is 35.1 Å². The third kappa shape index (κ3) is 5.57. The highest BCUT2D eigenvalue weighted by molar-refractivity contribution is 6.30. The first kappa shape index (κ1) is 22.9. The molecule has 0 saturated carbocycles. The number of amides is 2. The van der Waals surface area contributed by atoms with E-state index in [2.05, 4.69) is 5.32 Å². The molecule has 0 aromatic heterocycles. The van der Waals surface area contributed by atoms with Gasteiger partial charge in [0.1, 0.15) is 13.2 Å². The first-order chi connectivity index (χ1) is 15.9. The van der Waals surface area contributed by atoms with Crippen molar-refractivity contribution < 1.29 is 28.6 Å². The second-order valence-electron chi connectivity index (χ2n) is 8.02. The molecule has 2 amide bonds. The minimum Gasteiger partial charge on any atom is -0.486 e. The van der Waals surface area contributed by atoms with Gasteiger partial charge in [0.2, 0.25) is 0 Å². The molecule has 2 heterocycles. The highest BCUT2D eigenvalue weighted by Gasteiger charge is 2.32. The standard InChI is InChI=1S/C24H25ClN2O6/c1-15(22(28)26-19-8-9-20-21(13-19)32-12-11-31-20)33-24(30)17-3-2-10-27(14-17)23(29)16-4-6-18(25)7-5-16/h4-9,13,15,17H,2-3,10-12,14H2,1H3,(H,26,28)/t15-,17-/m1/s1. The normalized spacial score (nSPS) is 18.2. The number of piperidine rings is 1. The number of nitrogens with one attached hydrogen (secondary N) is 1.